The van der Waals surface area contributed by atoms with Crippen molar-refractivity contribution < 1.29 is 0 Å². The van der Waals surface area contributed by atoms with Gasteiger partial charge >= 0.3 is 0 Å². The van der Waals surface area contributed by atoms with E-state index in [1.165, 1.54) is 16.2 Å². The Bertz CT molecular complexity index is 535. The fourth-order valence-corrected chi connectivity index (χ4v) is 2.89. The predicted octanol–water partition coefficient (Wildman–Crippen LogP) is 4.18. The molecule has 4 heteroatoms. The molecular weight excluding hydrogens is 248 g/mol. The molecule has 2 aromatic rings. The number of aromatic nitrogens is 1. The lowest BCUT2D eigenvalue weighted by Gasteiger charge is -2.04. The largest absolute Gasteiger partial charge is 0.226 e. The van der Waals surface area contributed by atoms with Crippen LogP contribution in [-0.2, 0) is 0 Å². The molecule has 0 saturated carbocycles. The highest BCUT2D eigenvalue weighted by atomic mass is 32.2. The van der Waals surface area contributed by atoms with Crippen molar-refractivity contribution in [1.29, 1.82) is 5.26 Å². The molecule has 86 valence electrons. The summed E-state index contributed by atoms with van der Waals surface area (Å²) in [5.74, 6) is 0. The zero-order valence-electron chi connectivity index (χ0n) is 9.68. The van der Waals surface area contributed by atoms with Gasteiger partial charge in [-0.15, -0.1) is 23.1 Å². The Hall–Kier alpha value is -1.31. The van der Waals surface area contributed by atoms with E-state index >= 15 is 0 Å². The van der Waals surface area contributed by atoms with Crippen LogP contribution < -0.4 is 0 Å². The number of nitrogens with zero attached hydrogens (tertiary/aromatic N) is 2. The molecule has 0 aliphatic rings. The van der Waals surface area contributed by atoms with E-state index in [1.807, 2.05) is 17.1 Å². The molecule has 0 spiro atoms. The Kier molecular flexibility index (Phi) is 3.82. The minimum absolute atomic E-state index is 0.514. The maximum atomic E-state index is 8.74. The van der Waals surface area contributed by atoms with Crippen molar-refractivity contribution >= 4 is 23.1 Å². The van der Waals surface area contributed by atoms with Gasteiger partial charge in [0.1, 0.15) is 6.07 Å². The SMILES string of the molecule is CC(C)Sc1ccc(-c2csc(C#N)n2)cc1. The minimum Gasteiger partial charge on any atom is -0.226 e. The topological polar surface area (TPSA) is 36.7 Å². The number of hydrogen-bond donors (Lipinski definition) is 0. The van der Waals surface area contributed by atoms with Crippen LogP contribution >= 0.6 is 23.1 Å². The van der Waals surface area contributed by atoms with Gasteiger partial charge in [0.05, 0.1) is 5.69 Å². The Morgan fingerprint density at radius 2 is 2.00 bits per heavy atom. The Morgan fingerprint density at radius 1 is 1.29 bits per heavy atom. The number of rotatable bonds is 3. The van der Waals surface area contributed by atoms with E-state index in [2.05, 4.69) is 49.2 Å². The van der Waals surface area contributed by atoms with Gasteiger partial charge < -0.3 is 0 Å². The van der Waals surface area contributed by atoms with Gasteiger partial charge in [-0.25, -0.2) is 4.98 Å². The van der Waals surface area contributed by atoms with Crippen molar-refractivity contribution in [2.75, 3.05) is 0 Å². The first kappa shape index (κ1) is 12.2. The Morgan fingerprint density at radius 3 is 2.53 bits per heavy atom. The first-order chi connectivity index (χ1) is 8.19. The van der Waals surface area contributed by atoms with Crippen LogP contribution in [0.25, 0.3) is 11.3 Å². The lowest BCUT2D eigenvalue weighted by Crippen LogP contribution is -1.85. The summed E-state index contributed by atoms with van der Waals surface area (Å²) in [5.41, 5.74) is 1.95. The first-order valence-corrected chi connectivity index (χ1v) is 7.07. The maximum Gasteiger partial charge on any atom is 0.194 e. The molecule has 0 aliphatic heterocycles. The molecule has 0 saturated heterocycles. The standard InChI is InChI=1S/C13H12N2S2/c1-9(2)17-11-5-3-10(4-6-11)12-8-16-13(7-14)15-12/h3-6,8-9H,1-2H3. The van der Waals surface area contributed by atoms with Gasteiger partial charge in [-0.3, -0.25) is 0 Å². The van der Waals surface area contributed by atoms with Gasteiger partial charge in [-0.2, -0.15) is 5.26 Å². The van der Waals surface area contributed by atoms with Crippen molar-refractivity contribution in [3.05, 3.63) is 34.7 Å². The van der Waals surface area contributed by atoms with Gasteiger partial charge in [0, 0.05) is 21.1 Å². The van der Waals surface area contributed by atoms with Gasteiger partial charge in [-0.1, -0.05) is 26.0 Å². The second kappa shape index (κ2) is 5.35. The number of benzene rings is 1. The molecule has 2 rings (SSSR count). The molecule has 0 unspecified atom stereocenters. The molecule has 0 atom stereocenters. The second-order valence-electron chi connectivity index (χ2n) is 3.84. The number of thiazole rings is 1. The average Bonchev–Trinajstić information content (AvgIpc) is 2.78. The normalized spacial score (nSPS) is 10.5. The van der Waals surface area contributed by atoms with Crippen LogP contribution in [-0.4, -0.2) is 10.2 Å². The van der Waals surface area contributed by atoms with E-state index in [0.29, 0.717) is 10.3 Å². The highest BCUT2D eigenvalue weighted by Gasteiger charge is 2.04. The highest BCUT2D eigenvalue weighted by molar-refractivity contribution is 7.99. The smallest absolute Gasteiger partial charge is 0.194 e. The van der Waals surface area contributed by atoms with Gasteiger partial charge in [-0.05, 0) is 12.1 Å². The predicted molar refractivity (Wildman–Crippen MR) is 73.3 cm³/mol. The first-order valence-electron chi connectivity index (χ1n) is 5.32. The van der Waals surface area contributed by atoms with E-state index in [9.17, 15) is 0 Å². The minimum atomic E-state index is 0.514. The summed E-state index contributed by atoms with van der Waals surface area (Å²) in [5, 5.41) is 11.8. The molecule has 0 amide bonds. The van der Waals surface area contributed by atoms with E-state index in [1.54, 1.807) is 0 Å². The summed E-state index contributed by atoms with van der Waals surface area (Å²) in [6, 6.07) is 10.4. The lowest BCUT2D eigenvalue weighted by molar-refractivity contribution is 1.11. The molecule has 1 aromatic heterocycles. The van der Waals surface area contributed by atoms with Crippen molar-refractivity contribution in [2.24, 2.45) is 0 Å². The molecule has 0 bridgehead atoms. The molecular formula is C13H12N2S2. The van der Waals surface area contributed by atoms with Crippen LogP contribution in [0.3, 0.4) is 0 Å². The zero-order chi connectivity index (χ0) is 12.3. The van der Waals surface area contributed by atoms with E-state index in [0.717, 1.165) is 11.3 Å². The molecule has 0 N–H and O–H groups in total. The number of nitriles is 1. The Labute approximate surface area is 109 Å². The molecule has 0 aliphatic carbocycles. The van der Waals surface area contributed by atoms with Crippen LogP contribution in [0.4, 0.5) is 0 Å². The Balaban J connectivity index is 2.20. The monoisotopic (exact) mass is 260 g/mol. The molecule has 17 heavy (non-hydrogen) atoms. The second-order valence-corrected chi connectivity index (χ2v) is 6.35. The fraction of sp³-hybridized carbons (Fsp3) is 0.231. The molecule has 1 heterocycles. The average molecular weight is 260 g/mol. The van der Waals surface area contributed by atoms with E-state index < -0.39 is 0 Å². The molecule has 0 radical (unpaired) electrons. The van der Waals surface area contributed by atoms with E-state index in [4.69, 9.17) is 5.26 Å². The van der Waals surface area contributed by atoms with Crippen LogP contribution in [0.15, 0.2) is 34.5 Å². The molecule has 2 nitrogen and oxygen atoms in total. The number of hydrogen-bond acceptors (Lipinski definition) is 4. The maximum absolute atomic E-state index is 8.74. The van der Waals surface area contributed by atoms with Crippen LogP contribution in [0.1, 0.15) is 18.9 Å². The third-order valence-electron chi connectivity index (χ3n) is 2.12. The highest BCUT2D eigenvalue weighted by Crippen LogP contribution is 2.27. The number of thioether (sulfide) groups is 1. The third kappa shape index (κ3) is 3.09. The summed E-state index contributed by atoms with van der Waals surface area (Å²) in [7, 11) is 0. The molecule has 1 aromatic carbocycles. The fourth-order valence-electron chi connectivity index (χ4n) is 1.43. The van der Waals surface area contributed by atoms with Gasteiger partial charge in [0.15, 0.2) is 5.01 Å². The summed E-state index contributed by atoms with van der Waals surface area (Å²) >= 11 is 3.22. The van der Waals surface area contributed by atoms with Crippen molar-refractivity contribution in [2.45, 2.75) is 24.0 Å². The van der Waals surface area contributed by atoms with Crippen molar-refractivity contribution in [3.8, 4) is 17.3 Å². The van der Waals surface area contributed by atoms with Gasteiger partial charge in [0.2, 0.25) is 0 Å². The lowest BCUT2D eigenvalue weighted by atomic mass is 10.2. The molecule has 0 fully saturated rings. The summed E-state index contributed by atoms with van der Waals surface area (Å²) in [6.07, 6.45) is 0. The van der Waals surface area contributed by atoms with Crippen molar-refractivity contribution in [1.82, 2.24) is 4.98 Å². The van der Waals surface area contributed by atoms with Gasteiger partial charge in [0.25, 0.3) is 0 Å². The van der Waals surface area contributed by atoms with Crippen LogP contribution in [0.2, 0.25) is 0 Å². The summed E-state index contributed by atoms with van der Waals surface area (Å²) < 4.78 is 0. The zero-order valence-corrected chi connectivity index (χ0v) is 11.3. The summed E-state index contributed by atoms with van der Waals surface area (Å²) in [6.45, 7) is 4.36. The quantitative estimate of drug-likeness (QED) is 0.777. The van der Waals surface area contributed by atoms with Crippen LogP contribution in [0.5, 0.6) is 0 Å². The van der Waals surface area contributed by atoms with Crippen LogP contribution in [0, 0.1) is 11.3 Å². The third-order valence-corrected chi connectivity index (χ3v) is 3.88. The van der Waals surface area contributed by atoms with Crippen molar-refractivity contribution in [3.63, 3.8) is 0 Å². The van der Waals surface area contributed by atoms with E-state index in [-0.39, 0.29) is 0 Å². The summed E-state index contributed by atoms with van der Waals surface area (Å²) in [4.78, 5) is 5.50.